The van der Waals surface area contributed by atoms with E-state index in [-0.39, 0.29) is 11.3 Å². The molecule has 0 radical (unpaired) electrons. The number of hydrogen-bond acceptors (Lipinski definition) is 2. The van der Waals surface area contributed by atoms with Gasteiger partial charge in [0, 0.05) is 30.3 Å². The topological polar surface area (TPSA) is 41.1 Å². The van der Waals surface area contributed by atoms with Gasteiger partial charge < -0.3 is 10.6 Å². The molecule has 0 saturated heterocycles. The van der Waals surface area contributed by atoms with E-state index in [4.69, 9.17) is 0 Å². The van der Waals surface area contributed by atoms with Gasteiger partial charge in [-0.3, -0.25) is 4.79 Å². The lowest BCUT2D eigenvalue weighted by Gasteiger charge is -2.25. The van der Waals surface area contributed by atoms with Crippen molar-refractivity contribution in [3.05, 3.63) is 29.3 Å². The summed E-state index contributed by atoms with van der Waals surface area (Å²) in [6, 6.07) is 6.11. The van der Waals surface area contributed by atoms with Crippen molar-refractivity contribution in [3.63, 3.8) is 0 Å². The molecular formula is C12H14N2O. The Labute approximate surface area is 88.9 Å². The molecule has 3 rings (SSSR count). The van der Waals surface area contributed by atoms with Crippen molar-refractivity contribution >= 4 is 11.6 Å². The second-order valence-electron chi connectivity index (χ2n) is 4.47. The van der Waals surface area contributed by atoms with Crippen LogP contribution in [-0.2, 0) is 5.41 Å². The van der Waals surface area contributed by atoms with Gasteiger partial charge in [-0.25, -0.2) is 0 Å². The van der Waals surface area contributed by atoms with Crippen molar-refractivity contribution in [1.82, 2.24) is 5.32 Å². The summed E-state index contributed by atoms with van der Waals surface area (Å²) in [6.07, 6.45) is 2.42. The van der Waals surface area contributed by atoms with Gasteiger partial charge >= 0.3 is 0 Å². The number of hydrogen-bond donors (Lipinski definition) is 2. The highest BCUT2D eigenvalue weighted by Crippen LogP contribution is 2.50. The highest BCUT2D eigenvalue weighted by molar-refractivity contribution is 5.98. The summed E-state index contributed by atoms with van der Waals surface area (Å²) in [7, 11) is 1.87. The van der Waals surface area contributed by atoms with Crippen LogP contribution >= 0.6 is 0 Å². The molecule has 2 N–H and O–H groups in total. The number of rotatable bonds is 1. The van der Waals surface area contributed by atoms with Gasteiger partial charge in [-0.15, -0.1) is 0 Å². The number of carbonyl (C=O) groups is 1. The maximum atomic E-state index is 11.7. The third-order valence-electron chi connectivity index (χ3n) is 3.57. The molecule has 1 amide bonds. The largest absolute Gasteiger partial charge is 0.388 e. The minimum atomic E-state index is 0.0691. The van der Waals surface area contributed by atoms with Crippen molar-refractivity contribution in [1.29, 1.82) is 0 Å². The third kappa shape index (κ3) is 1.16. The Morgan fingerprint density at radius 1 is 1.40 bits per heavy atom. The second kappa shape index (κ2) is 2.75. The molecule has 1 aromatic carbocycles. The molecule has 78 valence electrons. The van der Waals surface area contributed by atoms with E-state index < -0.39 is 0 Å². The van der Waals surface area contributed by atoms with E-state index in [1.54, 1.807) is 0 Å². The molecule has 0 bridgehead atoms. The average molecular weight is 202 g/mol. The van der Waals surface area contributed by atoms with Crippen LogP contribution in [0.4, 0.5) is 5.69 Å². The predicted octanol–water partition coefficient (Wildman–Crippen LogP) is 1.50. The summed E-state index contributed by atoms with van der Waals surface area (Å²) in [5, 5.41) is 6.04. The van der Waals surface area contributed by atoms with Gasteiger partial charge in [0.25, 0.3) is 5.91 Å². The predicted molar refractivity (Wildman–Crippen MR) is 59.2 cm³/mol. The smallest absolute Gasteiger partial charge is 0.251 e. The van der Waals surface area contributed by atoms with Gasteiger partial charge in [-0.05, 0) is 30.5 Å². The fraction of sp³-hybridized carbons (Fsp3) is 0.417. The van der Waals surface area contributed by atoms with Crippen molar-refractivity contribution in [3.8, 4) is 0 Å². The summed E-state index contributed by atoms with van der Waals surface area (Å²) in [5.41, 5.74) is 3.37. The first-order chi connectivity index (χ1) is 7.25. The Kier molecular flexibility index (Phi) is 1.61. The zero-order valence-electron chi connectivity index (χ0n) is 8.76. The van der Waals surface area contributed by atoms with E-state index in [0.29, 0.717) is 0 Å². The van der Waals surface area contributed by atoms with Crippen LogP contribution in [0.1, 0.15) is 28.8 Å². The fourth-order valence-electron chi connectivity index (χ4n) is 2.39. The number of anilines is 1. The first-order valence-corrected chi connectivity index (χ1v) is 5.36. The molecule has 15 heavy (non-hydrogen) atoms. The molecule has 3 nitrogen and oxygen atoms in total. The van der Waals surface area contributed by atoms with Crippen molar-refractivity contribution in [2.24, 2.45) is 0 Å². The number of carbonyl (C=O) groups excluding carboxylic acids is 1. The van der Waals surface area contributed by atoms with E-state index in [2.05, 4.69) is 22.8 Å². The maximum absolute atomic E-state index is 11.7. The summed E-state index contributed by atoms with van der Waals surface area (Å²) in [4.78, 5) is 11.7. The van der Waals surface area contributed by atoms with Crippen LogP contribution < -0.4 is 10.6 Å². The van der Waals surface area contributed by atoms with Crippen LogP contribution in [0.15, 0.2) is 18.2 Å². The van der Waals surface area contributed by atoms with Crippen LogP contribution in [0.2, 0.25) is 0 Å². The summed E-state index contributed by atoms with van der Waals surface area (Å²) in [5.74, 6) is 0.0691. The standard InChI is InChI=1S/C12H14N2O/c1-13-8-2-3-10-9(6-8)11(15)14-7-12(10)4-5-12/h2-3,6,13H,4-5,7H2,1H3,(H,14,15). The Morgan fingerprint density at radius 2 is 2.20 bits per heavy atom. The van der Waals surface area contributed by atoms with Gasteiger partial charge in [0.05, 0.1) is 0 Å². The molecule has 1 aromatic rings. The van der Waals surface area contributed by atoms with E-state index >= 15 is 0 Å². The fourth-order valence-corrected chi connectivity index (χ4v) is 2.39. The van der Waals surface area contributed by atoms with E-state index in [9.17, 15) is 4.79 Å². The molecule has 1 heterocycles. The normalized spacial score (nSPS) is 20.7. The molecular weight excluding hydrogens is 188 g/mol. The van der Waals surface area contributed by atoms with Crippen molar-refractivity contribution in [2.45, 2.75) is 18.3 Å². The average Bonchev–Trinajstić information content (AvgIpc) is 3.05. The van der Waals surface area contributed by atoms with Crippen molar-refractivity contribution in [2.75, 3.05) is 18.9 Å². The Balaban J connectivity index is 2.15. The molecule has 1 aliphatic heterocycles. The van der Waals surface area contributed by atoms with E-state index in [0.717, 1.165) is 17.8 Å². The summed E-state index contributed by atoms with van der Waals surface area (Å²) < 4.78 is 0. The highest BCUT2D eigenvalue weighted by atomic mass is 16.1. The molecule has 0 aromatic heterocycles. The lowest BCUT2D eigenvalue weighted by atomic mass is 9.87. The van der Waals surface area contributed by atoms with Gasteiger partial charge in [-0.1, -0.05) is 6.07 Å². The molecule has 1 aliphatic carbocycles. The number of nitrogens with one attached hydrogen (secondary N) is 2. The second-order valence-corrected chi connectivity index (χ2v) is 4.47. The zero-order valence-corrected chi connectivity index (χ0v) is 8.76. The third-order valence-corrected chi connectivity index (χ3v) is 3.57. The van der Waals surface area contributed by atoms with Crippen LogP contribution in [0, 0.1) is 0 Å². The van der Waals surface area contributed by atoms with Gasteiger partial charge in [0.2, 0.25) is 0 Å². The monoisotopic (exact) mass is 202 g/mol. The Morgan fingerprint density at radius 3 is 2.87 bits per heavy atom. The molecule has 1 spiro atoms. The van der Waals surface area contributed by atoms with Gasteiger partial charge in [0.1, 0.15) is 0 Å². The maximum Gasteiger partial charge on any atom is 0.251 e. The molecule has 1 saturated carbocycles. The van der Waals surface area contributed by atoms with E-state index in [1.807, 2.05) is 13.1 Å². The van der Waals surface area contributed by atoms with Crippen LogP contribution in [0.5, 0.6) is 0 Å². The zero-order chi connectivity index (χ0) is 10.5. The van der Waals surface area contributed by atoms with Crippen molar-refractivity contribution < 1.29 is 4.79 Å². The first kappa shape index (κ1) is 8.77. The SMILES string of the molecule is CNc1ccc2c(c1)C(=O)NCC21CC1. The first-order valence-electron chi connectivity index (χ1n) is 5.36. The molecule has 2 aliphatic rings. The van der Waals surface area contributed by atoms with Crippen LogP contribution in [0.25, 0.3) is 0 Å². The lowest BCUT2D eigenvalue weighted by molar-refractivity contribution is 0.0937. The minimum Gasteiger partial charge on any atom is -0.388 e. The summed E-state index contributed by atoms with van der Waals surface area (Å²) >= 11 is 0. The number of amides is 1. The summed E-state index contributed by atoms with van der Waals surface area (Å²) in [6.45, 7) is 0.817. The Bertz CT molecular complexity index is 435. The highest BCUT2D eigenvalue weighted by Gasteiger charge is 2.48. The van der Waals surface area contributed by atoms with E-state index in [1.165, 1.54) is 18.4 Å². The minimum absolute atomic E-state index is 0.0691. The van der Waals surface area contributed by atoms with Gasteiger partial charge in [0.15, 0.2) is 0 Å². The molecule has 0 atom stereocenters. The lowest BCUT2D eigenvalue weighted by Crippen LogP contribution is -2.39. The molecule has 1 fully saturated rings. The quantitative estimate of drug-likeness (QED) is 0.724. The number of benzene rings is 1. The Hall–Kier alpha value is -1.51. The van der Waals surface area contributed by atoms with Crippen LogP contribution in [0.3, 0.4) is 0 Å². The van der Waals surface area contributed by atoms with Gasteiger partial charge in [-0.2, -0.15) is 0 Å². The molecule has 0 unspecified atom stereocenters. The van der Waals surface area contributed by atoms with Crippen LogP contribution in [-0.4, -0.2) is 19.5 Å². The molecule has 3 heteroatoms. The number of fused-ring (bicyclic) bond motifs is 2.